The molecule has 2 unspecified atom stereocenters. The van der Waals surface area contributed by atoms with Crippen LogP contribution in [0.2, 0.25) is 0 Å². The first-order chi connectivity index (χ1) is 9.16. The van der Waals surface area contributed by atoms with E-state index in [0.29, 0.717) is 5.75 Å². The van der Waals surface area contributed by atoms with Crippen LogP contribution in [0.4, 0.5) is 0 Å². The van der Waals surface area contributed by atoms with Crippen molar-refractivity contribution in [1.29, 1.82) is 0 Å². The van der Waals surface area contributed by atoms with E-state index >= 15 is 0 Å². The molecular weight excluding hydrogens is 328 g/mol. The molecule has 0 radical (unpaired) electrons. The maximum Gasteiger partial charge on any atom is 0.321 e. The van der Waals surface area contributed by atoms with E-state index in [4.69, 9.17) is 5.11 Å². The largest absolute Gasteiger partial charge is 0.480 e. The van der Waals surface area contributed by atoms with E-state index in [1.165, 1.54) is 0 Å². The molecule has 0 spiro atoms. The number of fused-ring (bicyclic) bond motifs is 1. The number of hydrogen-bond donors (Lipinski definition) is 2. The van der Waals surface area contributed by atoms with Crippen molar-refractivity contribution in [2.24, 2.45) is 0 Å². The van der Waals surface area contributed by atoms with Gasteiger partial charge in [0, 0.05) is 27.4 Å². The number of aliphatic carboxylic acids is 1. The summed E-state index contributed by atoms with van der Waals surface area (Å²) >= 11 is 5.12. The number of carbonyl (C=O) groups is 1. The number of aromatic nitrogens is 1. The van der Waals surface area contributed by atoms with Gasteiger partial charge >= 0.3 is 5.97 Å². The van der Waals surface area contributed by atoms with Crippen molar-refractivity contribution in [2.45, 2.75) is 11.4 Å². The van der Waals surface area contributed by atoms with Gasteiger partial charge in [0.2, 0.25) is 0 Å². The van der Waals surface area contributed by atoms with Crippen LogP contribution in [0.3, 0.4) is 0 Å². The van der Waals surface area contributed by atoms with E-state index in [9.17, 15) is 4.79 Å². The number of nitrogens with zero attached hydrogens (tertiary/aromatic N) is 1. The Morgan fingerprint density at radius 3 is 3.05 bits per heavy atom. The molecule has 1 aliphatic rings. The smallest absolute Gasteiger partial charge is 0.321 e. The molecule has 2 atom stereocenters. The Labute approximate surface area is 122 Å². The van der Waals surface area contributed by atoms with Crippen LogP contribution in [0.1, 0.15) is 10.9 Å². The fraction of sp³-hybridized carbons (Fsp3) is 0.231. The second-order valence-electron chi connectivity index (χ2n) is 4.31. The zero-order valence-electron chi connectivity index (χ0n) is 9.84. The molecule has 1 aliphatic heterocycles. The first kappa shape index (κ1) is 12.9. The van der Waals surface area contributed by atoms with Crippen molar-refractivity contribution in [2.75, 3.05) is 5.75 Å². The fourth-order valence-electron chi connectivity index (χ4n) is 2.16. The summed E-state index contributed by atoms with van der Waals surface area (Å²) in [4.78, 5) is 15.4. The number of carboxylic acid groups (broad SMARTS) is 1. The lowest BCUT2D eigenvalue weighted by molar-refractivity contribution is -0.138. The van der Waals surface area contributed by atoms with Gasteiger partial charge < -0.3 is 5.11 Å². The van der Waals surface area contributed by atoms with Crippen molar-refractivity contribution in [3.05, 3.63) is 40.5 Å². The van der Waals surface area contributed by atoms with Crippen LogP contribution in [0.25, 0.3) is 10.9 Å². The molecule has 98 valence electrons. The number of hydrogen-bond acceptors (Lipinski definition) is 4. The quantitative estimate of drug-likeness (QED) is 0.881. The standard InChI is InChI=1S/C13H11BrN2O2S/c14-9-4-3-8(11-7(9)2-1-5-15-11)12-16-10(6-19-12)13(17)18/h1-5,10,12,16H,6H2,(H,17,18). The molecule has 0 amide bonds. The highest BCUT2D eigenvalue weighted by atomic mass is 79.9. The molecule has 4 nitrogen and oxygen atoms in total. The summed E-state index contributed by atoms with van der Waals surface area (Å²) in [5.74, 6) is -0.228. The summed E-state index contributed by atoms with van der Waals surface area (Å²) in [6, 6.07) is 7.39. The molecule has 0 saturated carbocycles. The van der Waals surface area contributed by atoms with Crippen molar-refractivity contribution in [3.8, 4) is 0 Å². The second kappa shape index (κ2) is 5.11. The highest BCUT2D eigenvalue weighted by Crippen LogP contribution is 2.37. The third-order valence-electron chi connectivity index (χ3n) is 3.11. The summed E-state index contributed by atoms with van der Waals surface area (Å²) < 4.78 is 0.997. The topological polar surface area (TPSA) is 62.2 Å². The van der Waals surface area contributed by atoms with Crippen LogP contribution >= 0.6 is 27.7 Å². The molecule has 2 aromatic rings. The summed E-state index contributed by atoms with van der Waals surface area (Å²) in [5, 5.41) is 13.2. The van der Waals surface area contributed by atoms with Gasteiger partial charge in [-0.05, 0) is 12.1 Å². The van der Waals surface area contributed by atoms with Crippen molar-refractivity contribution >= 4 is 44.6 Å². The maximum absolute atomic E-state index is 11.0. The van der Waals surface area contributed by atoms with Crippen LogP contribution in [-0.2, 0) is 4.79 Å². The van der Waals surface area contributed by atoms with Gasteiger partial charge in [-0.25, -0.2) is 0 Å². The highest BCUT2D eigenvalue weighted by Gasteiger charge is 2.31. The van der Waals surface area contributed by atoms with Gasteiger partial charge in [-0.1, -0.05) is 28.1 Å². The molecule has 19 heavy (non-hydrogen) atoms. The normalized spacial score (nSPS) is 22.8. The Morgan fingerprint density at radius 2 is 2.32 bits per heavy atom. The molecular formula is C13H11BrN2O2S. The number of pyridine rings is 1. The first-order valence-corrected chi connectivity index (χ1v) is 7.64. The predicted octanol–water partition coefficient (Wildman–Crippen LogP) is 2.79. The summed E-state index contributed by atoms with van der Waals surface area (Å²) in [7, 11) is 0. The predicted molar refractivity (Wildman–Crippen MR) is 79.2 cm³/mol. The third kappa shape index (κ3) is 2.35. The van der Waals surface area contributed by atoms with Crippen molar-refractivity contribution in [1.82, 2.24) is 10.3 Å². The van der Waals surface area contributed by atoms with Crippen LogP contribution in [-0.4, -0.2) is 27.9 Å². The molecule has 0 bridgehead atoms. The van der Waals surface area contributed by atoms with Gasteiger partial charge in [0.1, 0.15) is 6.04 Å². The number of thioether (sulfide) groups is 1. The van der Waals surface area contributed by atoms with E-state index in [2.05, 4.69) is 26.2 Å². The van der Waals surface area contributed by atoms with E-state index in [-0.39, 0.29) is 5.37 Å². The molecule has 1 fully saturated rings. The lowest BCUT2D eigenvalue weighted by atomic mass is 10.1. The molecule has 1 aromatic carbocycles. The molecule has 1 aromatic heterocycles. The summed E-state index contributed by atoms with van der Waals surface area (Å²) in [6.07, 6.45) is 1.76. The van der Waals surface area contributed by atoms with Gasteiger partial charge in [0.25, 0.3) is 0 Å². The molecule has 0 aliphatic carbocycles. The Balaban J connectivity index is 2.02. The van der Waals surface area contributed by atoms with Gasteiger partial charge in [0.15, 0.2) is 0 Å². The van der Waals surface area contributed by atoms with E-state index < -0.39 is 12.0 Å². The molecule has 3 rings (SSSR count). The molecule has 6 heteroatoms. The monoisotopic (exact) mass is 338 g/mol. The average Bonchev–Trinajstić information content (AvgIpc) is 2.89. The summed E-state index contributed by atoms with van der Waals surface area (Å²) in [5.41, 5.74) is 1.94. The van der Waals surface area contributed by atoms with Gasteiger partial charge in [0.05, 0.1) is 10.9 Å². The zero-order valence-corrected chi connectivity index (χ0v) is 12.2. The number of benzene rings is 1. The molecule has 2 N–H and O–H groups in total. The highest BCUT2D eigenvalue weighted by molar-refractivity contribution is 9.10. The zero-order chi connectivity index (χ0) is 13.4. The van der Waals surface area contributed by atoms with Crippen LogP contribution < -0.4 is 5.32 Å². The Kier molecular flexibility index (Phi) is 3.47. The Hall–Kier alpha value is -1.11. The third-order valence-corrected chi connectivity index (χ3v) is 5.05. The minimum Gasteiger partial charge on any atom is -0.480 e. The van der Waals surface area contributed by atoms with Gasteiger partial charge in [-0.15, -0.1) is 11.8 Å². The lowest BCUT2D eigenvalue weighted by Gasteiger charge is -2.14. The fourth-order valence-corrected chi connectivity index (χ4v) is 3.87. The van der Waals surface area contributed by atoms with E-state index in [0.717, 1.165) is 20.9 Å². The minimum absolute atomic E-state index is 0.0217. The minimum atomic E-state index is -0.802. The molecule has 1 saturated heterocycles. The Morgan fingerprint density at radius 1 is 1.47 bits per heavy atom. The van der Waals surface area contributed by atoms with Crippen molar-refractivity contribution < 1.29 is 9.90 Å². The lowest BCUT2D eigenvalue weighted by Crippen LogP contribution is -2.33. The number of carboxylic acids is 1. The van der Waals surface area contributed by atoms with Crippen LogP contribution in [0, 0.1) is 0 Å². The number of halogens is 1. The second-order valence-corrected chi connectivity index (χ2v) is 6.30. The van der Waals surface area contributed by atoms with Crippen LogP contribution in [0.5, 0.6) is 0 Å². The average molecular weight is 339 g/mol. The molecule has 2 heterocycles. The van der Waals surface area contributed by atoms with Gasteiger partial charge in [-0.2, -0.15) is 0 Å². The van der Waals surface area contributed by atoms with Crippen molar-refractivity contribution in [3.63, 3.8) is 0 Å². The number of rotatable bonds is 2. The van der Waals surface area contributed by atoms with Gasteiger partial charge in [-0.3, -0.25) is 15.1 Å². The number of nitrogens with one attached hydrogen (secondary N) is 1. The maximum atomic E-state index is 11.0. The van der Waals surface area contributed by atoms with E-state index in [1.54, 1.807) is 18.0 Å². The first-order valence-electron chi connectivity index (χ1n) is 5.80. The Bertz CT molecular complexity index is 650. The van der Waals surface area contributed by atoms with Crippen LogP contribution in [0.15, 0.2) is 34.9 Å². The van der Waals surface area contributed by atoms with E-state index in [1.807, 2.05) is 24.3 Å². The summed E-state index contributed by atoms with van der Waals surface area (Å²) in [6.45, 7) is 0. The SMILES string of the molecule is O=C(O)C1CSC(c2ccc(Br)c3cccnc23)N1.